The van der Waals surface area contributed by atoms with E-state index in [2.05, 4.69) is 16.4 Å². The molecule has 0 aliphatic heterocycles. The monoisotopic (exact) mass is 506 g/mol. The fourth-order valence-electron chi connectivity index (χ4n) is 3.31. The Bertz CT molecular complexity index is 1360. The Morgan fingerprint density at radius 2 is 1.71 bits per heavy atom. The molecule has 9 nitrogen and oxygen atoms in total. The van der Waals surface area contributed by atoms with Crippen LogP contribution in [0.3, 0.4) is 0 Å². The molecule has 1 heterocycles. The molecule has 3 aromatic rings. The van der Waals surface area contributed by atoms with Crippen LogP contribution < -0.4 is 11.1 Å². The van der Waals surface area contributed by atoms with E-state index in [1.807, 2.05) is 25.1 Å². The number of benzene rings is 2. The molecule has 2 aromatic carbocycles. The maximum absolute atomic E-state index is 12.8. The Balaban J connectivity index is 1.92. The average molecular weight is 507 g/mol. The van der Waals surface area contributed by atoms with Gasteiger partial charge in [0.15, 0.2) is 0 Å². The van der Waals surface area contributed by atoms with Gasteiger partial charge in [-0.2, -0.15) is 10.5 Å². The number of nitro benzene ring substituents is 1. The summed E-state index contributed by atoms with van der Waals surface area (Å²) < 4.78 is 0. The van der Waals surface area contributed by atoms with Gasteiger partial charge in [-0.25, -0.2) is 4.98 Å². The summed E-state index contributed by atoms with van der Waals surface area (Å²) in [6, 6.07) is 16.3. The number of nitro groups is 1. The number of anilines is 1. The molecule has 2 atom stereocenters. The van der Waals surface area contributed by atoms with Crippen LogP contribution in [0, 0.1) is 32.8 Å². The molecule has 0 saturated heterocycles. The van der Waals surface area contributed by atoms with E-state index in [1.165, 1.54) is 24.3 Å². The lowest BCUT2D eigenvalue weighted by Crippen LogP contribution is -2.33. The van der Waals surface area contributed by atoms with E-state index < -0.39 is 10.2 Å². The van der Waals surface area contributed by atoms with E-state index in [4.69, 9.17) is 17.3 Å². The third-order valence-electron chi connectivity index (χ3n) is 5.17. The SMILES string of the molecule is CC(Sc1nc(N)c(C#N)c(-c2ccc([N+](=O)[O-])cc2)c1C#N)C(=O)NC(C)c1ccc(Cl)cc1. The summed E-state index contributed by atoms with van der Waals surface area (Å²) in [5.41, 5.74) is 7.40. The molecule has 3 N–H and O–H groups in total. The van der Waals surface area contributed by atoms with Crippen molar-refractivity contribution < 1.29 is 9.72 Å². The van der Waals surface area contributed by atoms with Crippen LogP contribution in [0.4, 0.5) is 11.5 Å². The predicted molar refractivity (Wildman–Crippen MR) is 133 cm³/mol. The van der Waals surface area contributed by atoms with Crippen LogP contribution in [0.15, 0.2) is 53.6 Å². The van der Waals surface area contributed by atoms with Crippen molar-refractivity contribution in [3.63, 3.8) is 0 Å². The topological polar surface area (TPSA) is 159 Å². The predicted octanol–water partition coefficient (Wildman–Crippen LogP) is 4.99. The van der Waals surface area contributed by atoms with Gasteiger partial charge in [-0.05, 0) is 49.2 Å². The summed E-state index contributed by atoms with van der Waals surface area (Å²) in [4.78, 5) is 27.5. The highest BCUT2D eigenvalue weighted by molar-refractivity contribution is 8.00. The number of aromatic nitrogens is 1. The summed E-state index contributed by atoms with van der Waals surface area (Å²) in [6.45, 7) is 3.50. The molecule has 3 rings (SSSR count). The van der Waals surface area contributed by atoms with E-state index in [-0.39, 0.29) is 45.2 Å². The second-order valence-corrected chi connectivity index (χ2v) is 9.26. The van der Waals surface area contributed by atoms with E-state index in [0.717, 1.165) is 17.3 Å². The third kappa shape index (κ3) is 5.69. The summed E-state index contributed by atoms with van der Waals surface area (Å²) >= 11 is 6.95. The second-order valence-electron chi connectivity index (χ2n) is 7.50. The van der Waals surface area contributed by atoms with Gasteiger partial charge in [-0.1, -0.05) is 35.5 Å². The molecule has 1 amide bonds. The van der Waals surface area contributed by atoms with Gasteiger partial charge in [0.25, 0.3) is 5.69 Å². The number of thioether (sulfide) groups is 1. The molecule has 0 aliphatic rings. The van der Waals surface area contributed by atoms with Crippen molar-refractivity contribution in [1.82, 2.24) is 10.3 Å². The highest BCUT2D eigenvalue weighted by atomic mass is 35.5. The van der Waals surface area contributed by atoms with Crippen LogP contribution >= 0.6 is 23.4 Å². The van der Waals surface area contributed by atoms with Crippen LogP contribution in [0.1, 0.15) is 36.6 Å². The molecule has 0 spiro atoms. The number of carbonyl (C=O) groups excluding carboxylic acids is 1. The van der Waals surface area contributed by atoms with Crippen molar-refractivity contribution in [2.75, 3.05) is 5.73 Å². The first kappa shape index (κ1) is 25.5. The number of nitrogens with two attached hydrogens (primary N) is 1. The Labute approximate surface area is 210 Å². The van der Waals surface area contributed by atoms with Crippen molar-refractivity contribution >= 4 is 40.8 Å². The zero-order chi connectivity index (χ0) is 25.7. The van der Waals surface area contributed by atoms with E-state index in [0.29, 0.717) is 10.6 Å². The third-order valence-corrected chi connectivity index (χ3v) is 6.51. The Morgan fingerprint density at radius 1 is 1.11 bits per heavy atom. The van der Waals surface area contributed by atoms with Crippen LogP contribution in [-0.2, 0) is 4.79 Å². The first-order chi connectivity index (χ1) is 16.7. The van der Waals surface area contributed by atoms with Gasteiger partial charge in [0.1, 0.15) is 28.5 Å². The fourth-order valence-corrected chi connectivity index (χ4v) is 4.36. The molecule has 0 bridgehead atoms. The lowest BCUT2D eigenvalue weighted by atomic mass is 9.96. The van der Waals surface area contributed by atoms with Crippen molar-refractivity contribution in [3.05, 3.63) is 80.4 Å². The van der Waals surface area contributed by atoms with Crippen molar-refractivity contribution in [2.45, 2.75) is 30.2 Å². The maximum atomic E-state index is 12.8. The quantitative estimate of drug-likeness (QED) is 0.257. The van der Waals surface area contributed by atoms with Gasteiger partial charge in [0.2, 0.25) is 5.91 Å². The molecule has 2 unspecified atom stereocenters. The molecule has 1 aromatic heterocycles. The fraction of sp³-hybridized carbons (Fsp3) is 0.167. The summed E-state index contributed by atoms with van der Waals surface area (Å²) in [6.07, 6.45) is 0. The molecule has 0 saturated carbocycles. The van der Waals surface area contributed by atoms with Gasteiger partial charge in [-0.15, -0.1) is 0 Å². The summed E-state index contributed by atoms with van der Waals surface area (Å²) in [5, 5.41) is 33.6. The Kier molecular flexibility index (Phi) is 7.92. The number of non-ortho nitro benzene ring substituents is 1. The minimum absolute atomic E-state index is 0.0202. The Hall–Kier alpha value is -4.12. The average Bonchev–Trinajstić information content (AvgIpc) is 2.84. The van der Waals surface area contributed by atoms with E-state index >= 15 is 0 Å². The molecule has 0 aliphatic carbocycles. The number of nitrogens with zero attached hydrogens (tertiary/aromatic N) is 4. The number of nitrogens with one attached hydrogen (secondary N) is 1. The Morgan fingerprint density at radius 3 is 2.26 bits per heavy atom. The lowest BCUT2D eigenvalue weighted by Gasteiger charge is -2.19. The number of nitrogen functional groups attached to an aromatic ring is 1. The molecular formula is C24H19ClN6O3S. The van der Waals surface area contributed by atoms with Gasteiger partial charge in [0, 0.05) is 22.7 Å². The number of nitriles is 2. The van der Waals surface area contributed by atoms with Crippen LogP contribution in [0.25, 0.3) is 11.1 Å². The number of carbonyl (C=O) groups is 1. The second kappa shape index (κ2) is 10.9. The number of pyridine rings is 1. The van der Waals surface area contributed by atoms with Crippen LogP contribution in [0.2, 0.25) is 5.02 Å². The molecule has 0 radical (unpaired) electrons. The minimum atomic E-state index is -0.651. The van der Waals surface area contributed by atoms with E-state index in [1.54, 1.807) is 19.1 Å². The maximum Gasteiger partial charge on any atom is 0.269 e. The van der Waals surface area contributed by atoms with Crippen molar-refractivity contribution in [2.24, 2.45) is 0 Å². The number of halogens is 1. The number of hydrogen-bond acceptors (Lipinski definition) is 8. The van der Waals surface area contributed by atoms with Gasteiger partial charge >= 0.3 is 0 Å². The van der Waals surface area contributed by atoms with Crippen molar-refractivity contribution in [3.8, 4) is 23.3 Å². The molecular weight excluding hydrogens is 488 g/mol. The van der Waals surface area contributed by atoms with Gasteiger partial charge in [-0.3, -0.25) is 14.9 Å². The number of hydrogen-bond donors (Lipinski definition) is 2. The molecule has 176 valence electrons. The largest absolute Gasteiger partial charge is 0.383 e. The number of rotatable bonds is 7. The molecule has 11 heteroatoms. The standard InChI is InChI=1S/C24H19ClN6O3S/c1-13(15-3-7-17(25)8-4-15)29-23(32)14(2)35-24-20(12-27)21(19(11-26)22(28)30-24)16-5-9-18(10-6-16)31(33)34/h3-10,13-14H,1-2H3,(H2,28,30)(H,29,32). The number of amides is 1. The first-order valence-corrected chi connectivity index (χ1v) is 11.5. The van der Waals surface area contributed by atoms with Crippen molar-refractivity contribution in [1.29, 1.82) is 10.5 Å². The van der Waals surface area contributed by atoms with Gasteiger partial charge in [0.05, 0.1) is 21.8 Å². The first-order valence-electron chi connectivity index (χ1n) is 10.3. The summed E-state index contributed by atoms with van der Waals surface area (Å²) in [7, 11) is 0. The molecule has 35 heavy (non-hydrogen) atoms. The van der Waals surface area contributed by atoms with Gasteiger partial charge < -0.3 is 11.1 Å². The highest BCUT2D eigenvalue weighted by Crippen LogP contribution is 2.37. The summed E-state index contributed by atoms with van der Waals surface area (Å²) in [5.74, 6) is -0.396. The zero-order valence-corrected chi connectivity index (χ0v) is 20.2. The molecule has 0 fully saturated rings. The highest BCUT2D eigenvalue weighted by Gasteiger charge is 2.25. The zero-order valence-electron chi connectivity index (χ0n) is 18.7. The van der Waals surface area contributed by atoms with Crippen LogP contribution in [-0.4, -0.2) is 21.1 Å². The lowest BCUT2D eigenvalue weighted by molar-refractivity contribution is -0.384. The van der Waals surface area contributed by atoms with Crippen LogP contribution in [0.5, 0.6) is 0 Å². The smallest absolute Gasteiger partial charge is 0.269 e. The normalized spacial score (nSPS) is 12.1. The van der Waals surface area contributed by atoms with E-state index in [9.17, 15) is 25.4 Å². The minimum Gasteiger partial charge on any atom is -0.383 e.